The second-order valence-corrected chi connectivity index (χ2v) is 2.00. The monoisotopic (exact) mass is 142 g/mol. The molecule has 0 unspecified atom stereocenters. The Bertz CT molecular complexity index is 116. The molecular formula is C8H14O2. The van der Waals surface area contributed by atoms with Crippen molar-refractivity contribution in [1.82, 2.24) is 0 Å². The van der Waals surface area contributed by atoms with E-state index < -0.39 is 0 Å². The summed E-state index contributed by atoms with van der Waals surface area (Å²) in [6.07, 6.45) is 4.23. The third kappa shape index (κ3) is 7.37. The van der Waals surface area contributed by atoms with E-state index >= 15 is 0 Å². The molecule has 0 fully saturated rings. The first-order valence-electron chi connectivity index (χ1n) is 3.52. The van der Waals surface area contributed by atoms with E-state index in [1.54, 1.807) is 6.08 Å². The molecule has 0 aliphatic carbocycles. The number of carbonyl (C=O) groups is 1. The van der Waals surface area contributed by atoms with Crippen molar-refractivity contribution in [3.05, 3.63) is 12.2 Å². The summed E-state index contributed by atoms with van der Waals surface area (Å²) in [5, 5.41) is 0. The number of ketones is 1. The molecule has 0 heterocycles. The Hall–Kier alpha value is -0.630. The summed E-state index contributed by atoms with van der Waals surface area (Å²) in [5.74, 6) is 0.0940. The highest BCUT2D eigenvalue weighted by atomic mass is 16.5. The van der Waals surface area contributed by atoms with Crippen molar-refractivity contribution < 1.29 is 9.53 Å². The molecule has 0 radical (unpaired) electrons. The van der Waals surface area contributed by atoms with Crippen LogP contribution in [-0.2, 0) is 9.53 Å². The maximum absolute atomic E-state index is 10.3. The first-order valence-corrected chi connectivity index (χ1v) is 3.52. The Kier molecular flexibility index (Phi) is 6.08. The van der Waals surface area contributed by atoms with Crippen LogP contribution >= 0.6 is 0 Å². The zero-order valence-corrected chi connectivity index (χ0v) is 6.59. The molecule has 0 atom stereocenters. The van der Waals surface area contributed by atoms with Gasteiger partial charge < -0.3 is 4.74 Å². The molecule has 0 aromatic rings. The lowest BCUT2D eigenvalue weighted by atomic mass is 10.3. The van der Waals surface area contributed by atoms with Crippen molar-refractivity contribution in [2.24, 2.45) is 0 Å². The molecule has 0 saturated heterocycles. The first kappa shape index (κ1) is 9.37. The number of allylic oxidation sites excluding steroid dienone is 1. The molecule has 0 aliphatic rings. The zero-order valence-electron chi connectivity index (χ0n) is 6.59. The highest BCUT2D eigenvalue weighted by Gasteiger charge is 1.82. The van der Waals surface area contributed by atoms with Crippen LogP contribution in [0.25, 0.3) is 0 Å². The molecular weight excluding hydrogens is 128 g/mol. The number of hydrogen-bond acceptors (Lipinski definition) is 2. The van der Waals surface area contributed by atoms with Crippen molar-refractivity contribution in [3.8, 4) is 0 Å². The zero-order chi connectivity index (χ0) is 7.82. The van der Waals surface area contributed by atoms with Crippen molar-refractivity contribution >= 4 is 5.78 Å². The Morgan fingerprint density at radius 1 is 1.60 bits per heavy atom. The lowest BCUT2D eigenvalue weighted by molar-refractivity contribution is -0.112. The predicted octanol–water partition coefficient (Wildman–Crippen LogP) is 1.56. The standard InChI is InChI=1S/C8H14O2/c1-3-10-7-5-4-6-8(2)9/h4,6H,3,5,7H2,1-2H3. The molecule has 2 heteroatoms. The number of carbonyl (C=O) groups excluding carboxylic acids is 1. The van der Waals surface area contributed by atoms with Gasteiger partial charge in [0, 0.05) is 6.61 Å². The van der Waals surface area contributed by atoms with Gasteiger partial charge in [0.25, 0.3) is 0 Å². The largest absolute Gasteiger partial charge is 0.381 e. The first-order chi connectivity index (χ1) is 4.77. The van der Waals surface area contributed by atoms with Crippen LogP contribution in [0.4, 0.5) is 0 Å². The smallest absolute Gasteiger partial charge is 0.152 e. The molecule has 0 spiro atoms. The fraction of sp³-hybridized carbons (Fsp3) is 0.625. The van der Waals surface area contributed by atoms with E-state index in [1.807, 2.05) is 13.0 Å². The molecule has 0 aliphatic heterocycles. The number of rotatable bonds is 5. The van der Waals surface area contributed by atoms with Gasteiger partial charge in [-0.3, -0.25) is 4.79 Å². The molecule has 0 amide bonds. The van der Waals surface area contributed by atoms with Gasteiger partial charge in [-0.25, -0.2) is 0 Å². The van der Waals surface area contributed by atoms with E-state index in [2.05, 4.69) is 0 Å². The van der Waals surface area contributed by atoms with E-state index in [0.29, 0.717) is 6.61 Å². The summed E-state index contributed by atoms with van der Waals surface area (Å²) >= 11 is 0. The summed E-state index contributed by atoms with van der Waals surface area (Å²) in [4.78, 5) is 10.3. The summed E-state index contributed by atoms with van der Waals surface area (Å²) in [5.41, 5.74) is 0. The predicted molar refractivity (Wildman–Crippen MR) is 40.9 cm³/mol. The van der Waals surface area contributed by atoms with E-state index in [-0.39, 0.29) is 5.78 Å². The Labute approximate surface area is 61.9 Å². The maximum atomic E-state index is 10.3. The average molecular weight is 142 g/mol. The second-order valence-electron chi connectivity index (χ2n) is 2.00. The van der Waals surface area contributed by atoms with Gasteiger partial charge in [0.05, 0.1) is 6.61 Å². The van der Waals surface area contributed by atoms with E-state index in [1.165, 1.54) is 6.92 Å². The van der Waals surface area contributed by atoms with Gasteiger partial charge in [-0.15, -0.1) is 0 Å². The van der Waals surface area contributed by atoms with Crippen LogP contribution in [0.1, 0.15) is 20.3 Å². The van der Waals surface area contributed by atoms with Crippen LogP contribution in [0.2, 0.25) is 0 Å². The van der Waals surface area contributed by atoms with Crippen molar-refractivity contribution in [2.75, 3.05) is 13.2 Å². The molecule has 10 heavy (non-hydrogen) atoms. The fourth-order valence-corrected chi connectivity index (χ4v) is 0.545. The molecule has 0 bridgehead atoms. The van der Waals surface area contributed by atoms with Gasteiger partial charge in [-0.1, -0.05) is 6.08 Å². The Morgan fingerprint density at radius 3 is 2.80 bits per heavy atom. The van der Waals surface area contributed by atoms with E-state index in [4.69, 9.17) is 4.74 Å². The topological polar surface area (TPSA) is 26.3 Å². The van der Waals surface area contributed by atoms with E-state index in [0.717, 1.165) is 13.0 Å². The second kappa shape index (κ2) is 6.49. The minimum Gasteiger partial charge on any atom is -0.381 e. The summed E-state index contributed by atoms with van der Waals surface area (Å²) in [7, 11) is 0. The van der Waals surface area contributed by atoms with Crippen LogP contribution in [-0.4, -0.2) is 19.0 Å². The molecule has 0 saturated carbocycles. The Balaban J connectivity index is 3.10. The van der Waals surface area contributed by atoms with Crippen LogP contribution in [0.15, 0.2) is 12.2 Å². The lowest BCUT2D eigenvalue weighted by Crippen LogP contribution is -1.91. The number of ether oxygens (including phenoxy) is 1. The van der Waals surface area contributed by atoms with Crippen molar-refractivity contribution in [2.45, 2.75) is 20.3 Å². The van der Waals surface area contributed by atoms with Crippen LogP contribution in [0, 0.1) is 0 Å². The van der Waals surface area contributed by atoms with Crippen LogP contribution in [0.5, 0.6) is 0 Å². The molecule has 2 nitrogen and oxygen atoms in total. The summed E-state index contributed by atoms with van der Waals surface area (Å²) < 4.78 is 5.05. The summed E-state index contributed by atoms with van der Waals surface area (Å²) in [6.45, 7) is 4.94. The van der Waals surface area contributed by atoms with Gasteiger partial charge in [0.2, 0.25) is 0 Å². The quantitative estimate of drug-likeness (QED) is 0.430. The van der Waals surface area contributed by atoms with Crippen LogP contribution < -0.4 is 0 Å². The fourth-order valence-electron chi connectivity index (χ4n) is 0.545. The van der Waals surface area contributed by atoms with Crippen molar-refractivity contribution in [1.29, 1.82) is 0 Å². The molecule has 0 aromatic heterocycles. The normalized spacial score (nSPS) is 10.6. The van der Waals surface area contributed by atoms with Crippen molar-refractivity contribution in [3.63, 3.8) is 0 Å². The van der Waals surface area contributed by atoms with E-state index in [9.17, 15) is 4.79 Å². The third-order valence-corrected chi connectivity index (χ3v) is 0.986. The summed E-state index contributed by atoms with van der Waals surface area (Å²) in [6, 6.07) is 0. The highest BCUT2D eigenvalue weighted by molar-refractivity contribution is 5.87. The molecule has 58 valence electrons. The van der Waals surface area contributed by atoms with Gasteiger partial charge in [0.1, 0.15) is 0 Å². The van der Waals surface area contributed by atoms with Gasteiger partial charge in [0.15, 0.2) is 5.78 Å². The molecule has 0 aromatic carbocycles. The molecule has 0 N–H and O–H groups in total. The lowest BCUT2D eigenvalue weighted by Gasteiger charge is -1.93. The minimum absolute atomic E-state index is 0.0940. The van der Waals surface area contributed by atoms with Crippen LogP contribution in [0.3, 0.4) is 0 Å². The average Bonchev–Trinajstić information content (AvgIpc) is 1.87. The molecule has 0 rings (SSSR count). The number of hydrogen-bond donors (Lipinski definition) is 0. The van der Waals surface area contributed by atoms with Gasteiger partial charge >= 0.3 is 0 Å². The maximum Gasteiger partial charge on any atom is 0.152 e. The SMILES string of the molecule is CCOCCC=CC(C)=O. The van der Waals surface area contributed by atoms with Gasteiger partial charge in [-0.05, 0) is 26.3 Å². The Morgan fingerprint density at radius 2 is 2.30 bits per heavy atom. The minimum atomic E-state index is 0.0940. The van der Waals surface area contributed by atoms with Gasteiger partial charge in [-0.2, -0.15) is 0 Å². The highest BCUT2D eigenvalue weighted by Crippen LogP contribution is 1.85. The third-order valence-electron chi connectivity index (χ3n) is 0.986.